The molecule has 0 radical (unpaired) electrons. The van der Waals surface area contributed by atoms with Gasteiger partial charge in [0.25, 0.3) is 0 Å². The first-order valence-corrected chi connectivity index (χ1v) is 16.8. The van der Waals surface area contributed by atoms with E-state index >= 15 is 0 Å². The molecule has 4 aliphatic rings. The summed E-state index contributed by atoms with van der Waals surface area (Å²) in [5, 5.41) is 8.76. The van der Waals surface area contributed by atoms with Crippen LogP contribution in [0.15, 0.2) is 11.6 Å². The SMILES string of the molecule is CC[C@H](CC[C@@H](C)[C@H]1CC[C@H]2[C@@H]3CC=C4C[C@@H](OCCOCCOCCO)CC[C@]4(C)[C@H]3CC[C@]12C)C(C)C. The van der Waals surface area contributed by atoms with E-state index in [-0.39, 0.29) is 6.61 Å². The number of ether oxygens (including phenoxy) is 3. The first kappa shape index (κ1) is 31.5. The zero-order valence-corrected chi connectivity index (χ0v) is 26.4. The molecular formula is C35H62O4. The van der Waals surface area contributed by atoms with E-state index in [0.717, 1.165) is 47.8 Å². The number of hydrogen-bond donors (Lipinski definition) is 1. The lowest BCUT2D eigenvalue weighted by molar-refractivity contribution is -0.0691. The first-order chi connectivity index (χ1) is 18.7. The van der Waals surface area contributed by atoms with Gasteiger partial charge in [0, 0.05) is 0 Å². The molecule has 226 valence electrons. The highest BCUT2D eigenvalue weighted by Gasteiger charge is 2.59. The zero-order chi connectivity index (χ0) is 28.0. The van der Waals surface area contributed by atoms with Crippen molar-refractivity contribution in [1.82, 2.24) is 0 Å². The minimum Gasteiger partial charge on any atom is -0.394 e. The minimum atomic E-state index is 0.0684. The van der Waals surface area contributed by atoms with E-state index in [1.807, 2.05) is 0 Å². The second-order valence-electron chi connectivity index (χ2n) is 14.6. The summed E-state index contributed by atoms with van der Waals surface area (Å²) in [7, 11) is 0. The van der Waals surface area contributed by atoms with Crippen molar-refractivity contribution in [2.75, 3.05) is 39.6 Å². The van der Waals surface area contributed by atoms with Gasteiger partial charge in [-0.3, -0.25) is 0 Å². The predicted octanol–water partition coefficient (Wildman–Crippen LogP) is 8.07. The van der Waals surface area contributed by atoms with Crippen molar-refractivity contribution in [2.45, 2.75) is 118 Å². The largest absolute Gasteiger partial charge is 0.394 e. The molecule has 4 rings (SSSR count). The lowest BCUT2D eigenvalue weighted by Crippen LogP contribution is -2.51. The molecule has 0 saturated heterocycles. The minimum absolute atomic E-state index is 0.0684. The summed E-state index contributed by atoms with van der Waals surface area (Å²) < 4.78 is 17.2. The Kier molecular flexibility index (Phi) is 11.4. The van der Waals surface area contributed by atoms with Crippen LogP contribution in [0, 0.1) is 52.3 Å². The Balaban J connectivity index is 1.30. The normalized spacial score (nSPS) is 37.6. The second kappa shape index (κ2) is 14.2. The molecule has 0 aliphatic heterocycles. The van der Waals surface area contributed by atoms with Crippen molar-refractivity contribution >= 4 is 0 Å². The molecule has 4 aliphatic carbocycles. The van der Waals surface area contributed by atoms with Crippen LogP contribution < -0.4 is 0 Å². The highest BCUT2D eigenvalue weighted by molar-refractivity contribution is 5.25. The first-order valence-electron chi connectivity index (χ1n) is 16.8. The lowest BCUT2D eigenvalue weighted by Gasteiger charge is -2.58. The van der Waals surface area contributed by atoms with Gasteiger partial charge >= 0.3 is 0 Å². The van der Waals surface area contributed by atoms with Crippen molar-refractivity contribution in [1.29, 1.82) is 0 Å². The van der Waals surface area contributed by atoms with Crippen LogP contribution in [0.5, 0.6) is 0 Å². The molecule has 3 fully saturated rings. The summed E-state index contributed by atoms with van der Waals surface area (Å²) in [5.41, 5.74) is 2.66. The van der Waals surface area contributed by atoms with Crippen LogP contribution in [-0.4, -0.2) is 50.9 Å². The number of aliphatic hydroxyl groups excluding tert-OH is 1. The van der Waals surface area contributed by atoms with Crippen LogP contribution in [0.4, 0.5) is 0 Å². The highest BCUT2D eigenvalue weighted by Crippen LogP contribution is 2.67. The molecule has 39 heavy (non-hydrogen) atoms. The van der Waals surface area contributed by atoms with Gasteiger partial charge in [0.2, 0.25) is 0 Å². The van der Waals surface area contributed by atoms with Crippen molar-refractivity contribution < 1.29 is 19.3 Å². The Hall–Kier alpha value is -0.420. The van der Waals surface area contributed by atoms with E-state index in [1.54, 1.807) is 5.57 Å². The lowest BCUT2D eigenvalue weighted by atomic mass is 9.47. The number of aliphatic hydroxyl groups is 1. The zero-order valence-electron chi connectivity index (χ0n) is 26.4. The summed E-state index contributed by atoms with van der Waals surface area (Å²) in [6.45, 7) is 18.0. The molecule has 0 unspecified atom stereocenters. The van der Waals surface area contributed by atoms with Crippen molar-refractivity contribution in [3.8, 4) is 0 Å². The molecule has 0 heterocycles. The Morgan fingerprint density at radius 1 is 0.897 bits per heavy atom. The molecule has 0 aromatic rings. The Bertz CT molecular complexity index is 779. The summed E-state index contributed by atoms with van der Waals surface area (Å²) in [6.07, 6.45) is 18.0. The second-order valence-corrected chi connectivity index (χ2v) is 14.6. The van der Waals surface area contributed by atoms with Crippen LogP contribution in [0.3, 0.4) is 0 Å². The van der Waals surface area contributed by atoms with Gasteiger partial charge in [-0.15, -0.1) is 0 Å². The molecule has 3 saturated carbocycles. The third-order valence-electron chi connectivity index (χ3n) is 12.5. The van der Waals surface area contributed by atoms with E-state index in [2.05, 4.69) is 47.6 Å². The maximum Gasteiger partial charge on any atom is 0.0704 e. The van der Waals surface area contributed by atoms with Gasteiger partial charge < -0.3 is 19.3 Å². The van der Waals surface area contributed by atoms with Crippen LogP contribution in [0.25, 0.3) is 0 Å². The third-order valence-corrected chi connectivity index (χ3v) is 12.5. The van der Waals surface area contributed by atoms with Gasteiger partial charge in [-0.1, -0.05) is 66.0 Å². The van der Waals surface area contributed by atoms with Gasteiger partial charge in [-0.05, 0) is 110 Å². The molecule has 0 amide bonds. The van der Waals surface area contributed by atoms with Crippen molar-refractivity contribution in [3.63, 3.8) is 0 Å². The van der Waals surface area contributed by atoms with Crippen LogP contribution in [0.1, 0.15) is 112 Å². The molecule has 0 aromatic heterocycles. The van der Waals surface area contributed by atoms with Crippen LogP contribution >= 0.6 is 0 Å². The highest BCUT2D eigenvalue weighted by atomic mass is 16.5. The van der Waals surface area contributed by atoms with E-state index in [1.165, 1.54) is 64.2 Å². The number of allylic oxidation sites excluding steroid dienone is 1. The summed E-state index contributed by atoms with van der Waals surface area (Å²) in [4.78, 5) is 0. The molecule has 0 spiro atoms. The van der Waals surface area contributed by atoms with Crippen molar-refractivity contribution in [3.05, 3.63) is 11.6 Å². The summed E-state index contributed by atoms with van der Waals surface area (Å²) in [5.74, 6) is 6.23. The summed E-state index contributed by atoms with van der Waals surface area (Å²) in [6, 6.07) is 0. The molecule has 4 heteroatoms. The molecule has 0 bridgehead atoms. The monoisotopic (exact) mass is 546 g/mol. The molecule has 9 atom stereocenters. The van der Waals surface area contributed by atoms with Gasteiger partial charge in [-0.2, -0.15) is 0 Å². The topological polar surface area (TPSA) is 47.9 Å². The molecular weight excluding hydrogens is 484 g/mol. The number of fused-ring (bicyclic) bond motifs is 5. The van der Waals surface area contributed by atoms with Crippen LogP contribution in [0.2, 0.25) is 0 Å². The average Bonchev–Trinajstić information content (AvgIpc) is 3.27. The summed E-state index contributed by atoms with van der Waals surface area (Å²) >= 11 is 0. The fourth-order valence-corrected chi connectivity index (χ4v) is 10.1. The van der Waals surface area contributed by atoms with E-state index in [9.17, 15) is 0 Å². The van der Waals surface area contributed by atoms with E-state index < -0.39 is 0 Å². The quantitative estimate of drug-likeness (QED) is 0.167. The number of hydrogen-bond acceptors (Lipinski definition) is 4. The van der Waals surface area contributed by atoms with Gasteiger partial charge in [-0.25, -0.2) is 0 Å². The smallest absolute Gasteiger partial charge is 0.0704 e. The Morgan fingerprint density at radius 2 is 1.64 bits per heavy atom. The Labute approximate surface area is 241 Å². The average molecular weight is 547 g/mol. The standard InChI is InChI=1S/C35H62O4/c1-7-27(25(2)3)9-8-26(4)31-12-13-32-30-11-10-28-24-29(39-23-22-38-21-20-37-19-18-36)14-16-34(28,5)33(30)15-17-35(31,32)6/h10,25-27,29-33,36H,7-9,11-24H2,1-6H3/t26-,27-,29+,30+,31-,32+,33+,34+,35-/m1/s1. The Morgan fingerprint density at radius 3 is 2.36 bits per heavy atom. The van der Waals surface area contributed by atoms with Gasteiger partial charge in [0.15, 0.2) is 0 Å². The predicted molar refractivity (Wildman–Crippen MR) is 161 cm³/mol. The maximum atomic E-state index is 8.76. The fraction of sp³-hybridized carbons (Fsp3) is 0.943. The molecule has 0 aromatic carbocycles. The van der Waals surface area contributed by atoms with E-state index in [4.69, 9.17) is 19.3 Å². The molecule has 4 nitrogen and oxygen atoms in total. The van der Waals surface area contributed by atoms with Gasteiger partial charge in [0.05, 0.1) is 45.7 Å². The van der Waals surface area contributed by atoms with Crippen molar-refractivity contribution in [2.24, 2.45) is 52.3 Å². The van der Waals surface area contributed by atoms with Crippen LogP contribution in [-0.2, 0) is 14.2 Å². The fourth-order valence-electron chi connectivity index (χ4n) is 10.1. The number of rotatable bonds is 15. The molecule has 1 N–H and O–H groups in total. The maximum absolute atomic E-state index is 8.76. The van der Waals surface area contributed by atoms with E-state index in [0.29, 0.717) is 50.0 Å². The van der Waals surface area contributed by atoms with Gasteiger partial charge in [0.1, 0.15) is 0 Å². The third kappa shape index (κ3) is 6.98.